The number of amides is 4. The molecule has 2 aromatic carbocycles. The van der Waals surface area contributed by atoms with Gasteiger partial charge in [-0.25, -0.2) is 0 Å². The Morgan fingerprint density at radius 3 is 2.46 bits per heavy atom. The fraction of sp³-hybridized carbons (Fsp3) is 0.471. The monoisotopic (exact) mass is 699 g/mol. The van der Waals surface area contributed by atoms with Crippen molar-refractivity contribution in [1.29, 1.82) is 0 Å². The van der Waals surface area contributed by atoms with Gasteiger partial charge in [0, 0.05) is 42.8 Å². The second kappa shape index (κ2) is 14.0. The van der Waals surface area contributed by atoms with Gasteiger partial charge in [0.25, 0.3) is 5.91 Å². The van der Waals surface area contributed by atoms with Crippen LogP contribution in [0.5, 0.6) is 0 Å². The van der Waals surface area contributed by atoms with E-state index in [2.05, 4.69) is 5.32 Å². The quantitative estimate of drug-likeness (QED) is 0.323. The van der Waals surface area contributed by atoms with Crippen molar-refractivity contribution in [2.75, 3.05) is 26.2 Å². The van der Waals surface area contributed by atoms with Crippen LogP contribution in [0, 0.1) is 5.92 Å². The Balaban J connectivity index is 1.27. The second-order valence-electron chi connectivity index (χ2n) is 12.9. The first-order chi connectivity index (χ1) is 22.9. The summed E-state index contributed by atoms with van der Waals surface area (Å²) < 4.78 is 40.3. The highest BCUT2D eigenvalue weighted by Gasteiger charge is 2.53. The topological polar surface area (TPSA) is 127 Å². The van der Waals surface area contributed by atoms with Gasteiger partial charge in [-0.05, 0) is 78.3 Å². The predicted octanol–water partition coefficient (Wildman–Crippen LogP) is 4.88. The summed E-state index contributed by atoms with van der Waals surface area (Å²) in [5, 5.41) is 3.10. The fourth-order valence-corrected chi connectivity index (χ4v) is 8.43. The third-order valence-corrected chi connectivity index (χ3v) is 11.5. The standard InChI is InChI=1S/C34H37F2N4O6PS/c1-21(17-22-7-3-2-4-8-22)31(42)39-16-13-25-10-11-27(33(44)38-14-5-6-15-38)40(25)32(43)26(20-39)37-30(41)29-19-23-18-24(9-12-28(23)48-29)34(35,36)47(45)46/h2-4,7-9,12,18-19,21,25-27H,5-6,10-11,13-17,20H2,1H3,(H-,37,41,45,46)/p+1/t21-,25-,26+,27+/m1/s1. The molecule has 10 nitrogen and oxygen atoms in total. The second-order valence-corrected chi connectivity index (χ2v) is 15.1. The Morgan fingerprint density at radius 2 is 1.75 bits per heavy atom. The van der Waals surface area contributed by atoms with Gasteiger partial charge in [0.2, 0.25) is 17.7 Å². The molecule has 48 heavy (non-hydrogen) atoms. The SMILES string of the molecule is C[C@H](Cc1ccccc1)C(=O)N1CC[C@H]2CC[C@@H](C(=O)N3CCCC3)N2C(=O)[C@@H](NC(=O)c2cc3cc(C(F)(F)[P+](=O)O)ccc3s2)C1. The van der Waals surface area contributed by atoms with Crippen molar-refractivity contribution in [3.05, 3.63) is 70.6 Å². The first-order valence-electron chi connectivity index (χ1n) is 16.3. The van der Waals surface area contributed by atoms with Crippen LogP contribution in [0.1, 0.15) is 59.8 Å². The van der Waals surface area contributed by atoms with Crippen LogP contribution in [-0.2, 0) is 31.0 Å². The molecular formula is C34H38F2N4O6PS+. The summed E-state index contributed by atoms with van der Waals surface area (Å²) in [5.74, 6) is -1.66. The minimum Gasteiger partial charge on any atom is -0.341 e. The van der Waals surface area contributed by atoms with Gasteiger partial charge in [0.05, 0.1) is 10.4 Å². The van der Waals surface area contributed by atoms with E-state index in [0.717, 1.165) is 41.9 Å². The zero-order valence-corrected chi connectivity index (χ0v) is 28.2. The Bertz CT molecular complexity index is 1730. The van der Waals surface area contributed by atoms with E-state index in [4.69, 9.17) is 4.89 Å². The van der Waals surface area contributed by atoms with E-state index in [1.807, 2.05) is 37.3 Å². The molecular weight excluding hydrogens is 661 g/mol. The van der Waals surface area contributed by atoms with Crippen LogP contribution in [0.15, 0.2) is 54.6 Å². The Morgan fingerprint density at radius 1 is 1.02 bits per heavy atom. The smallest absolute Gasteiger partial charge is 0.341 e. The molecule has 3 saturated heterocycles. The highest BCUT2D eigenvalue weighted by Crippen LogP contribution is 2.48. The lowest BCUT2D eigenvalue weighted by Gasteiger charge is -2.40. The summed E-state index contributed by atoms with van der Waals surface area (Å²) in [6.07, 6.45) is 3.98. The summed E-state index contributed by atoms with van der Waals surface area (Å²) >= 11 is 1.03. The maximum Gasteiger partial charge on any atom is 0.589 e. The number of hydrogen-bond acceptors (Lipinski definition) is 6. The van der Waals surface area contributed by atoms with E-state index in [-0.39, 0.29) is 40.6 Å². The molecule has 1 aromatic heterocycles. The zero-order valence-electron chi connectivity index (χ0n) is 26.5. The number of benzene rings is 2. The van der Waals surface area contributed by atoms with Crippen LogP contribution >= 0.6 is 19.4 Å². The van der Waals surface area contributed by atoms with E-state index >= 15 is 0 Å². The lowest BCUT2D eigenvalue weighted by molar-refractivity contribution is -0.149. The number of likely N-dealkylation sites (tertiary alicyclic amines) is 1. The van der Waals surface area contributed by atoms with Gasteiger partial charge in [0.15, 0.2) is 0 Å². The van der Waals surface area contributed by atoms with E-state index in [9.17, 15) is 32.5 Å². The van der Waals surface area contributed by atoms with Crippen molar-refractivity contribution in [2.24, 2.45) is 5.92 Å². The number of nitrogens with zero attached hydrogens (tertiary/aromatic N) is 3. The molecule has 6 rings (SSSR count). The Labute approximate surface area is 281 Å². The van der Waals surface area contributed by atoms with Crippen LogP contribution in [0.25, 0.3) is 10.1 Å². The van der Waals surface area contributed by atoms with Crippen molar-refractivity contribution in [3.8, 4) is 0 Å². The highest BCUT2D eigenvalue weighted by atomic mass is 32.1. The lowest BCUT2D eigenvalue weighted by Crippen LogP contribution is -2.61. The summed E-state index contributed by atoms with van der Waals surface area (Å²) in [6, 6.07) is 12.5. The molecule has 0 bridgehead atoms. The molecule has 3 aromatic rings. The van der Waals surface area contributed by atoms with Crippen LogP contribution in [-0.4, -0.2) is 87.5 Å². The first-order valence-corrected chi connectivity index (χ1v) is 18.3. The number of thiophene rings is 1. The molecule has 254 valence electrons. The van der Waals surface area contributed by atoms with Crippen LogP contribution in [0.3, 0.4) is 0 Å². The van der Waals surface area contributed by atoms with E-state index in [0.29, 0.717) is 50.0 Å². The number of rotatable bonds is 8. The summed E-state index contributed by atoms with van der Waals surface area (Å²) in [4.78, 5) is 69.8. The normalized spacial score (nSPS) is 22.7. The predicted molar refractivity (Wildman–Crippen MR) is 177 cm³/mol. The molecule has 3 fully saturated rings. The molecule has 14 heteroatoms. The zero-order chi connectivity index (χ0) is 34.2. The third kappa shape index (κ3) is 6.86. The molecule has 3 aliphatic rings. The third-order valence-electron chi connectivity index (χ3n) is 9.64. The van der Waals surface area contributed by atoms with Gasteiger partial charge >= 0.3 is 13.7 Å². The van der Waals surface area contributed by atoms with Crippen LogP contribution < -0.4 is 5.32 Å². The van der Waals surface area contributed by atoms with Gasteiger partial charge in [-0.3, -0.25) is 19.2 Å². The molecule has 3 aliphatic heterocycles. The number of halogens is 2. The van der Waals surface area contributed by atoms with Crippen molar-refractivity contribution in [3.63, 3.8) is 0 Å². The molecule has 4 heterocycles. The molecule has 1 unspecified atom stereocenters. The van der Waals surface area contributed by atoms with Crippen molar-refractivity contribution in [1.82, 2.24) is 20.0 Å². The number of hydrogen-bond donors (Lipinski definition) is 2. The number of alkyl halides is 2. The maximum atomic E-state index is 14.4. The van der Waals surface area contributed by atoms with Gasteiger partial charge in [0.1, 0.15) is 12.1 Å². The van der Waals surface area contributed by atoms with E-state index in [1.165, 1.54) is 12.1 Å². The highest BCUT2D eigenvalue weighted by molar-refractivity contribution is 7.39. The number of fused-ring (bicyclic) bond motifs is 2. The average Bonchev–Trinajstić information content (AvgIpc) is 3.84. The Hall–Kier alpha value is -3.80. The number of carbonyl (C=O) groups is 4. The summed E-state index contributed by atoms with van der Waals surface area (Å²) in [6.45, 7) is 3.42. The molecule has 0 saturated carbocycles. The van der Waals surface area contributed by atoms with Crippen LogP contribution in [0.4, 0.5) is 8.78 Å². The van der Waals surface area contributed by atoms with Gasteiger partial charge in [-0.1, -0.05) is 37.3 Å². The molecule has 5 atom stereocenters. The minimum atomic E-state index is -3.96. The van der Waals surface area contributed by atoms with Crippen LogP contribution in [0.2, 0.25) is 0 Å². The summed E-state index contributed by atoms with van der Waals surface area (Å²) in [5.41, 5.74) is -3.60. The van der Waals surface area contributed by atoms with Crippen molar-refractivity contribution in [2.45, 2.75) is 69.2 Å². The minimum absolute atomic E-state index is 0.0821. The summed E-state index contributed by atoms with van der Waals surface area (Å²) in [7, 11) is -3.81. The van der Waals surface area contributed by atoms with E-state index < -0.39 is 43.2 Å². The van der Waals surface area contributed by atoms with E-state index in [1.54, 1.807) is 14.7 Å². The van der Waals surface area contributed by atoms with Gasteiger partial charge in [-0.15, -0.1) is 20.1 Å². The largest absolute Gasteiger partial charge is 0.589 e. The molecule has 0 aliphatic carbocycles. The Kier molecular flexibility index (Phi) is 9.92. The van der Waals surface area contributed by atoms with Gasteiger partial charge < -0.3 is 20.0 Å². The first kappa shape index (κ1) is 34.1. The molecule has 2 N–H and O–H groups in total. The number of carbonyl (C=O) groups excluding carboxylic acids is 4. The maximum absolute atomic E-state index is 14.4. The molecule has 4 amide bonds. The fourth-order valence-electron chi connectivity index (χ4n) is 7.12. The van der Waals surface area contributed by atoms with Crippen molar-refractivity contribution >= 4 is 53.1 Å². The lowest BCUT2D eigenvalue weighted by atomic mass is 9.98. The van der Waals surface area contributed by atoms with Crippen molar-refractivity contribution < 1.29 is 37.4 Å². The average molecular weight is 700 g/mol. The van der Waals surface area contributed by atoms with Gasteiger partial charge in [-0.2, -0.15) is 4.89 Å². The molecule has 0 radical (unpaired) electrons. The molecule has 0 spiro atoms. The number of nitrogens with one attached hydrogen (secondary N) is 1.